The van der Waals surface area contributed by atoms with Gasteiger partial charge in [-0.15, -0.1) is 11.3 Å². The molecule has 0 aliphatic carbocycles. The Bertz CT molecular complexity index is 1010. The van der Waals surface area contributed by atoms with Crippen LogP contribution < -0.4 is 5.32 Å². The first kappa shape index (κ1) is 15.6. The van der Waals surface area contributed by atoms with E-state index in [2.05, 4.69) is 10.3 Å². The fourth-order valence-corrected chi connectivity index (χ4v) is 3.53. The van der Waals surface area contributed by atoms with Gasteiger partial charge in [0.1, 0.15) is 5.69 Å². The smallest absolute Gasteiger partial charge is 0.252 e. The molecule has 4 rings (SSSR count). The van der Waals surface area contributed by atoms with E-state index in [0.29, 0.717) is 17.0 Å². The normalized spacial score (nSPS) is 12.2. The van der Waals surface area contributed by atoms with Gasteiger partial charge in [0.05, 0.1) is 23.4 Å². The number of hydrogen-bond acceptors (Lipinski definition) is 4. The maximum absolute atomic E-state index is 12.9. The molecular formula is C20H16N2O2S. The van der Waals surface area contributed by atoms with Gasteiger partial charge in [-0.3, -0.25) is 4.79 Å². The van der Waals surface area contributed by atoms with E-state index in [1.54, 1.807) is 23.7 Å². The van der Waals surface area contributed by atoms with E-state index in [9.17, 15) is 4.79 Å². The largest absolute Gasteiger partial charge is 0.463 e. The molecule has 0 bridgehead atoms. The van der Waals surface area contributed by atoms with Crippen molar-refractivity contribution >= 4 is 28.1 Å². The van der Waals surface area contributed by atoms with E-state index in [0.717, 1.165) is 15.8 Å². The summed E-state index contributed by atoms with van der Waals surface area (Å²) in [6.07, 6.45) is 1.60. The molecule has 0 saturated heterocycles. The van der Waals surface area contributed by atoms with Crippen molar-refractivity contribution in [2.45, 2.75) is 13.0 Å². The second kappa shape index (κ2) is 6.53. The van der Waals surface area contributed by atoms with Crippen molar-refractivity contribution < 1.29 is 9.21 Å². The van der Waals surface area contributed by atoms with Crippen molar-refractivity contribution in [3.63, 3.8) is 0 Å². The van der Waals surface area contributed by atoms with Gasteiger partial charge < -0.3 is 9.73 Å². The topological polar surface area (TPSA) is 55.1 Å². The van der Waals surface area contributed by atoms with Gasteiger partial charge in [0.25, 0.3) is 5.91 Å². The van der Waals surface area contributed by atoms with Gasteiger partial charge in [-0.25, -0.2) is 4.98 Å². The molecule has 4 aromatic rings. The number of nitrogens with zero attached hydrogens (tertiary/aromatic N) is 1. The molecule has 1 atom stereocenters. The Morgan fingerprint density at radius 3 is 2.80 bits per heavy atom. The summed E-state index contributed by atoms with van der Waals surface area (Å²) in [4.78, 5) is 18.7. The maximum atomic E-state index is 12.9. The van der Waals surface area contributed by atoms with Gasteiger partial charge in [0, 0.05) is 10.3 Å². The summed E-state index contributed by atoms with van der Waals surface area (Å²) in [5.41, 5.74) is 2.02. The van der Waals surface area contributed by atoms with Crippen LogP contribution in [-0.2, 0) is 0 Å². The molecule has 0 radical (unpaired) electrons. The first-order chi connectivity index (χ1) is 12.2. The van der Waals surface area contributed by atoms with Crippen LogP contribution in [0.2, 0.25) is 0 Å². The van der Waals surface area contributed by atoms with Crippen molar-refractivity contribution in [1.29, 1.82) is 0 Å². The molecule has 0 fully saturated rings. The van der Waals surface area contributed by atoms with Gasteiger partial charge >= 0.3 is 0 Å². The first-order valence-corrected chi connectivity index (χ1v) is 8.88. The third-order valence-electron chi connectivity index (χ3n) is 4.05. The number of benzene rings is 1. The summed E-state index contributed by atoms with van der Waals surface area (Å²) in [6, 6.07) is 17.0. The third-order valence-corrected chi connectivity index (χ3v) is 5.11. The molecule has 0 spiro atoms. The first-order valence-electron chi connectivity index (χ1n) is 8.00. The predicted molar refractivity (Wildman–Crippen MR) is 99.6 cm³/mol. The SMILES string of the molecule is C[C@H](NC(=O)c1cc(-c2ccco2)nc2ccccc12)c1cccs1. The maximum Gasteiger partial charge on any atom is 0.252 e. The number of furan rings is 1. The van der Waals surface area contributed by atoms with Crippen molar-refractivity contribution in [2.75, 3.05) is 0 Å². The van der Waals surface area contributed by atoms with E-state index in [1.807, 2.05) is 60.8 Å². The van der Waals surface area contributed by atoms with E-state index in [4.69, 9.17) is 4.42 Å². The molecule has 5 heteroatoms. The molecule has 3 aromatic heterocycles. The average Bonchev–Trinajstić information content (AvgIpc) is 3.34. The molecule has 4 nitrogen and oxygen atoms in total. The summed E-state index contributed by atoms with van der Waals surface area (Å²) in [5.74, 6) is 0.526. The highest BCUT2D eigenvalue weighted by Crippen LogP contribution is 2.26. The lowest BCUT2D eigenvalue weighted by Crippen LogP contribution is -2.26. The Balaban J connectivity index is 1.75. The van der Waals surface area contributed by atoms with Crippen LogP contribution in [0.25, 0.3) is 22.4 Å². The van der Waals surface area contributed by atoms with Crippen LogP contribution in [0.3, 0.4) is 0 Å². The van der Waals surface area contributed by atoms with Gasteiger partial charge in [-0.1, -0.05) is 24.3 Å². The Morgan fingerprint density at radius 2 is 2.04 bits per heavy atom. The Morgan fingerprint density at radius 1 is 1.16 bits per heavy atom. The standard InChI is InChI=1S/C20H16N2O2S/c1-13(19-9-5-11-25-19)21-20(23)15-12-17(18-8-4-10-24-18)22-16-7-3-2-6-14(15)16/h2-13H,1H3,(H,21,23)/t13-/m0/s1. The minimum Gasteiger partial charge on any atom is -0.463 e. The molecule has 25 heavy (non-hydrogen) atoms. The number of hydrogen-bond donors (Lipinski definition) is 1. The fraction of sp³-hybridized carbons (Fsp3) is 0.100. The van der Waals surface area contributed by atoms with Gasteiger partial charge in [0.15, 0.2) is 5.76 Å². The number of thiophene rings is 1. The minimum atomic E-state index is -0.118. The Kier molecular flexibility index (Phi) is 4.07. The van der Waals surface area contributed by atoms with E-state index < -0.39 is 0 Å². The molecule has 0 unspecified atom stereocenters. The molecule has 0 aliphatic heterocycles. The minimum absolute atomic E-state index is 0.0495. The third kappa shape index (κ3) is 3.06. The number of nitrogens with one attached hydrogen (secondary N) is 1. The number of pyridine rings is 1. The number of rotatable bonds is 4. The Hall–Kier alpha value is -2.92. The average molecular weight is 348 g/mol. The molecule has 1 N–H and O–H groups in total. The van der Waals surface area contributed by atoms with Crippen LogP contribution in [0.15, 0.2) is 70.7 Å². The van der Waals surface area contributed by atoms with Crippen molar-refractivity contribution in [1.82, 2.24) is 10.3 Å². The lowest BCUT2D eigenvalue weighted by Gasteiger charge is -2.14. The number of para-hydroxylation sites is 1. The van der Waals surface area contributed by atoms with Gasteiger partial charge in [0.2, 0.25) is 0 Å². The molecular weight excluding hydrogens is 332 g/mol. The quantitative estimate of drug-likeness (QED) is 0.562. The van der Waals surface area contributed by atoms with Crippen LogP contribution in [0, 0.1) is 0 Å². The molecule has 124 valence electrons. The predicted octanol–water partition coefficient (Wildman–Crippen LogP) is 5.05. The second-order valence-corrected chi connectivity index (χ2v) is 6.74. The number of fused-ring (bicyclic) bond motifs is 1. The molecule has 0 aliphatic rings. The van der Waals surface area contributed by atoms with E-state index >= 15 is 0 Å². The summed E-state index contributed by atoms with van der Waals surface area (Å²) in [6.45, 7) is 1.99. The summed E-state index contributed by atoms with van der Waals surface area (Å²) in [5, 5.41) is 5.91. The molecule has 1 aromatic carbocycles. The summed E-state index contributed by atoms with van der Waals surface area (Å²) in [7, 11) is 0. The monoisotopic (exact) mass is 348 g/mol. The number of carbonyl (C=O) groups excluding carboxylic acids is 1. The highest BCUT2D eigenvalue weighted by Gasteiger charge is 2.17. The van der Waals surface area contributed by atoms with Gasteiger partial charge in [-0.05, 0) is 42.6 Å². The number of carbonyl (C=O) groups is 1. The van der Waals surface area contributed by atoms with Gasteiger partial charge in [-0.2, -0.15) is 0 Å². The van der Waals surface area contributed by atoms with Crippen LogP contribution in [0.5, 0.6) is 0 Å². The van der Waals surface area contributed by atoms with Crippen molar-refractivity contribution in [3.05, 3.63) is 76.7 Å². The highest BCUT2D eigenvalue weighted by molar-refractivity contribution is 7.10. The second-order valence-electron chi connectivity index (χ2n) is 5.76. The van der Waals surface area contributed by atoms with Crippen LogP contribution >= 0.6 is 11.3 Å². The zero-order chi connectivity index (χ0) is 17.2. The van der Waals surface area contributed by atoms with Crippen LogP contribution in [0.1, 0.15) is 28.2 Å². The van der Waals surface area contributed by atoms with Crippen LogP contribution in [0.4, 0.5) is 0 Å². The zero-order valence-electron chi connectivity index (χ0n) is 13.6. The van der Waals surface area contributed by atoms with Crippen LogP contribution in [-0.4, -0.2) is 10.9 Å². The molecule has 1 amide bonds. The molecule has 0 saturated carbocycles. The van der Waals surface area contributed by atoms with Crippen molar-refractivity contribution in [2.24, 2.45) is 0 Å². The molecule has 3 heterocycles. The van der Waals surface area contributed by atoms with E-state index in [-0.39, 0.29) is 11.9 Å². The van der Waals surface area contributed by atoms with E-state index in [1.165, 1.54) is 0 Å². The lowest BCUT2D eigenvalue weighted by atomic mass is 10.1. The summed E-state index contributed by atoms with van der Waals surface area (Å²) < 4.78 is 5.45. The lowest BCUT2D eigenvalue weighted by molar-refractivity contribution is 0.0942. The zero-order valence-corrected chi connectivity index (χ0v) is 14.4. The number of amides is 1. The Labute approximate surface area is 149 Å². The number of aromatic nitrogens is 1. The summed E-state index contributed by atoms with van der Waals surface area (Å²) >= 11 is 1.63. The highest BCUT2D eigenvalue weighted by atomic mass is 32.1. The fourth-order valence-electron chi connectivity index (χ4n) is 2.80. The van der Waals surface area contributed by atoms with Crippen molar-refractivity contribution in [3.8, 4) is 11.5 Å².